The van der Waals surface area contributed by atoms with Gasteiger partial charge in [-0.3, -0.25) is 0 Å². The summed E-state index contributed by atoms with van der Waals surface area (Å²) in [5.74, 6) is -0.726. The minimum atomic E-state index is -2.83. The zero-order valence-corrected chi connectivity index (χ0v) is 24.7. The number of hydroxylamine groups is 2. The van der Waals surface area contributed by atoms with Gasteiger partial charge in [0.25, 0.3) is 8.32 Å². The van der Waals surface area contributed by atoms with Crippen LogP contribution in [-0.4, -0.2) is 49.2 Å². The largest absolute Gasteiger partial charge is 0.405 e. The van der Waals surface area contributed by atoms with Gasteiger partial charge in [-0.15, -0.1) is 0 Å². The second-order valence-corrected chi connectivity index (χ2v) is 16.1. The fraction of sp³-hybridized carbons (Fsp3) is 0.438. The monoisotopic (exact) mass is 533 g/mol. The molecule has 1 saturated heterocycles. The fourth-order valence-electron chi connectivity index (χ4n) is 5.71. The first-order valence-electron chi connectivity index (χ1n) is 13.6. The standard InChI is InChI=1S/C32H43NO4Si/c1-7-32(29-24-35-31(5,6)37-29,33(34)23-26-17-11-8-12-18-26)25-36-38(30(2,3)4,27-19-13-9-14-20-27)28-21-15-10-16-22-28/h8-22,29,34H,7,23-25H2,1-6H3/t29-,32+/m0/s1. The molecule has 1 heterocycles. The van der Waals surface area contributed by atoms with Gasteiger partial charge in [-0.05, 0) is 41.2 Å². The summed E-state index contributed by atoms with van der Waals surface area (Å²) < 4.78 is 19.8. The van der Waals surface area contributed by atoms with Crippen LogP contribution in [0, 0.1) is 0 Å². The summed E-state index contributed by atoms with van der Waals surface area (Å²) in [6.07, 6.45) is 0.257. The summed E-state index contributed by atoms with van der Waals surface area (Å²) in [4.78, 5) is 0. The van der Waals surface area contributed by atoms with E-state index in [9.17, 15) is 5.21 Å². The van der Waals surface area contributed by atoms with Crippen molar-refractivity contribution in [1.82, 2.24) is 5.06 Å². The molecule has 5 nitrogen and oxygen atoms in total. The van der Waals surface area contributed by atoms with E-state index >= 15 is 0 Å². The second kappa shape index (κ2) is 11.4. The number of ether oxygens (including phenoxy) is 2. The third-order valence-corrected chi connectivity index (χ3v) is 12.8. The molecular weight excluding hydrogens is 490 g/mol. The average molecular weight is 534 g/mol. The van der Waals surface area contributed by atoms with E-state index in [2.05, 4.69) is 76.2 Å². The predicted molar refractivity (Wildman–Crippen MR) is 155 cm³/mol. The minimum absolute atomic E-state index is 0.179. The number of hydrogen-bond acceptors (Lipinski definition) is 5. The van der Waals surface area contributed by atoms with Crippen LogP contribution in [0.5, 0.6) is 0 Å². The molecule has 3 aromatic carbocycles. The van der Waals surface area contributed by atoms with Crippen LogP contribution < -0.4 is 10.4 Å². The molecule has 3 aromatic rings. The maximum absolute atomic E-state index is 11.8. The molecule has 1 fully saturated rings. The molecule has 0 saturated carbocycles. The van der Waals surface area contributed by atoms with Crippen LogP contribution in [0.15, 0.2) is 91.0 Å². The first kappa shape index (κ1) is 28.7. The molecule has 38 heavy (non-hydrogen) atoms. The molecule has 6 heteroatoms. The van der Waals surface area contributed by atoms with Crippen molar-refractivity contribution in [2.45, 2.75) is 77.0 Å². The number of rotatable bonds is 10. The summed E-state index contributed by atoms with van der Waals surface area (Å²) in [6, 6.07) is 31.3. The molecule has 1 N–H and O–H groups in total. The van der Waals surface area contributed by atoms with Gasteiger partial charge in [0.05, 0.1) is 18.8 Å². The Labute approximate surface area is 229 Å². The van der Waals surface area contributed by atoms with E-state index in [1.54, 1.807) is 0 Å². The molecule has 2 atom stereocenters. The van der Waals surface area contributed by atoms with Crippen LogP contribution in [0.3, 0.4) is 0 Å². The zero-order valence-electron chi connectivity index (χ0n) is 23.7. The SMILES string of the molecule is CC[C@@](CO[Si](c1ccccc1)(c1ccccc1)C(C)(C)C)([C@@H]1COC(C)(C)O1)N(O)Cc1ccccc1. The molecular formula is C32H43NO4Si. The zero-order chi connectivity index (χ0) is 27.4. The number of nitrogens with zero attached hydrogens (tertiary/aromatic N) is 1. The van der Waals surface area contributed by atoms with E-state index in [0.29, 0.717) is 26.2 Å². The molecule has 0 spiro atoms. The molecule has 0 amide bonds. The van der Waals surface area contributed by atoms with Crippen LogP contribution >= 0.6 is 0 Å². The Kier molecular flexibility index (Phi) is 8.62. The first-order valence-corrected chi connectivity index (χ1v) is 15.5. The molecule has 204 valence electrons. The average Bonchev–Trinajstić information content (AvgIpc) is 3.27. The van der Waals surface area contributed by atoms with Gasteiger partial charge >= 0.3 is 0 Å². The lowest BCUT2D eigenvalue weighted by molar-refractivity contribution is -0.240. The Morgan fingerprint density at radius 1 is 0.895 bits per heavy atom. The Bertz CT molecular complexity index is 1110. The van der Waals surface area contributed by atoms with Crippen molar-refractivity contribution in [3.63, 3.8) is 0 Å². The van der Waals surface area contributed by atoms with E-state index < -0.39 is 19.6 Å². The first-order chi connectivity index (χ1) is 18.0. The summed E-state index contributed by atoms with van der Waals surface area (Å²) in [6.45, 7) is 13.8. The van der Waals surface area contributed by atoms with E-state index in [4.69, 9.17) is 13.9 Å². The lowest BCUT2D eigenvalue weighted by atomic mass is 9.89. The smallest absolute Gasteiger partial charge is 0.261 e. The van der Waals surface area contributed by atoms with E-state index in [0.717, 1.165) is 5.56 Å². The highest BCUT2D eigenvalue weighted by atomic mass is 28.4. The summed E-state index contributed by atoms with van der Waals surface area (Å²) in [7, 11) is -2.83. The number of hydrogen-bond donors (Lipinski definition) is 1. The van der Waals surface area contributed by atoms with E-state index in [1.165, 1.54) is 15.4 Å². The lowest BCUT2D eigenvalue weighted by Gasteiger charge is -2.48. The van der Waals surface area contributed by atoms with Crippen molar-refractivity contribution in [2.75, 3.05) is 13.2 Å². The van der Waals surface area contributed by atoms with Gasteiger partial charge in [-0.1, -0.05) is 119 Å². The molecule has 4 rings (SSSR count). The predicted octanol–water partition coefficient (Wildman–Crippen LogP) is 5.75. The van der Waals surface area contributed by atoms with Gasteiger partial charge in [0, 0.05) is 6.54 Å². The Morgan fingerprint density at radius 2 is 1.39 bits per heavy atom. The molecule has 1 aliphatic rings. The van der Waals surface area contributed by atoms with Gasteiger partial charge in [-0.25, -0.2) is 0 Å². The van der Waals surface area contributed by atoms with Gasteiger partial charge < -0.3 is 19.1 Å². The van der Waals surface area contributed by atoms with Crippen molar-refractivity contribution in [2.24, 2.45) is 0 Å². The highest BCUT2D eigenvalue weighted by Crippen LogP contribution is 2.40. The van der Waals surface area contributed by atoms with Crippen molar-refractivity contribution in [3.8, 4) is 0 Å². The molecule has 1 aliphatic heterocycles. The van der Waals surface area contributed by atoms with Crippen LogP contribution in [0.25, 0.3) is 0 Å². The van der Waals surface area contributed by atoms with Crippen molar-refractivity contribution >= 4 is 18.7 Å². The fourth-order valence-corrected chi connectivity index (χ4v) is 10.3. The summed E-state index contributed by atoms with van der Waals surface area (Å²) in [5.41, 5.74) is 0.202. The van der Waals surface area contributed by atoms with Crippen molar-refractivity contribution in [1.29, 1.82) is 0 Å². The topological polar surface area (TPSA) is 51.2 Å². The van der Waals surface area contributed by atoms with Crippen molar-refractivity contribution in [3.05, 3.63) is 96.6 Å². The number of benzene rings is 3. The van der Waals surface area contributed by atoms with Crippen LogP contribution in [0.4, 0.5) is 0 Å². The Morgan fingerprint density at radius 3 is 1.82 bits per heavy atom. The van der Waals surface area contributed by atoms with Crippen LogP contribution in [-0.2, 0) is 20.4 Å². The maximum Gasteiger partial charge on any atom is 0.261 e. The van der Waals surface area contributed by atoms with E-state index in [1.807, 2.05) is 56.3 Å². The summed E-state index contributed by atoms with van der Waals surface area (Å²) >= 11 is 0. The second-order valence-electron chi connectivity index (χ2n) is 11.8. The highest BCUT2D eigenvalue weighted by molar-refractivity contribution is 6.99. The lowest BCUT2D eigenvalue weighted by Crippen LogP contribution is -2.69. The molecule has 0 radical (unpaired) electrons. The van der Waals surface area contributed by atoms with Gasteiger partial charge in [0.15, 0.2) is 5.79 Å². The Balaban J connectivity index is 1.80. The van der Waals surface area contributed by atoms with Gasteiger partial charge in [0.2, 0.25) is 0 Å². The van der Waals surface area contributed by atoms with Gasteiger partial charge in [-0.2, -0.15) is 5.06 Å². The van der Waals surface area contributed by atoms with E-state index in [-0.39, 0.29) is 11.1 Å². The normalized spacial score (nSPS) is 19.4. The van der Waals surface area contributed by atoms with Gasteiger partial charge in [0.1, 0.15) is 6.10 Å². The summed E-state index contributed by atoms with van der Waals surface area (Å²) in [5, 5.41) is 15.5. The molecule has 0 aliphatic carbocycles. The van der Waals surface area contributed by atoms with Crippen molar-refractivity contribution < 1.29 is 19.1 Å². The Hall–Kier alpha value is -2.32. The quantitative estimate of drug-likeness (QED) is 0.265. The molecule has 0 aromatic heterocycles. The third kappa shape index (κ3) is 5.66. The maximum atomic E-state index is 11.8. The molecule has 0 bridgehead atoms. The third-order valence-electron chi connectivity index (χ3n) is 7.86. The molecule has 0 unspecified atom stereocenters. The van der Waals surface area contributed by atoms with Crippen LogP contribution in [0.2, 0.25) is 5.04 Å². The highest BCUT2D eigenvalue weighted by Gasteiger charge is 2.55. The van der Waals surface area contributed by atoms with Crippen LogP contribution in [0.1, 0.15) is 53.5 Å². The minimum Gasteiger partial charge on any atom is -0.405 e.